The number of hydrogen-bond donors (Lipinski definition) is 2. The van der Waals surface area contributed by atoms with Gasteiger partial charge in [-0.15, -0.1) is 0 Å². The summed E-state index contributed by atoms with van der Waals surface area (Å²) in [5.74, 6) is 1.63. The second-order valence-corrected chi connectivity index (χ2v) is 6.91. The fraction of sp³-hybridized carbons (Fsp3) is 0.458. The zero-order valence-electron chi connectivity index (χ0n) is 18.7. The van der Waals surface area contributed by atoms with Gasteiger partial charge in [-0.05, 0) is 43.5 Å². The van der Waals surface area contributed by atoms with E-state index in [1.165, 1.54) is 11.1 Å². The summed E-state index contributed by atoms with van der Waals surface area (Å²) in [7, 11) is 1.67. The Kier molecular flexibility index (Phi) is 10.8. The largest absolute Gasteiger partial charge is 0.491 e. The van der Waals surface area contributed by atoms with Crippen LogP contribution in [0.4, 0.5) is 0 Å². The Balaban J connectivity index is 2.06. The predicted molar refractivity (Wildman–Crippen MR) is 122 cm³/mol. The molecule has 2 rings (SSSR count). The molecule has 30 heavy (non-hydrogen) atoms. The van der Waals surface area contributed by atoms with Gasteiger partial charge in [-0.1, -0.05) is 36.4 Å². The van der Waals surface area contributed by atoms with E-state index in [9.17, 15) is 0 Å². The first-order valence-electron chi connectivity index (χ1n) is 10.6. The molecule has 2 aromatic rings. The van der Waals surface area contributed by atoms with E-state index < -0.39 is 0 Å². The van der Waals surface area contributed by atoms with Crippen LogP contribution in [0.15, 0.2) is 47.5 Å². The van der Waals surface area contributed by atoms with E-state index in [1.54, 1.807) is 7.11 Å². The number of nitrogens with zero attached hydrogens (tertiary/aromatic N) is 1. The van der Waals surface area contributed by atoms with Gasteiger partial charge in [0, 0.05) is 32.4 Å². The Labute approximate surface area is 180 Å². The maximum atomic E-state index is 5.88. The molecule has 0 unspecified atom stereocenters. The van der Waals surface area contributed by atoms with E-state index in [0.717, 1.165) is 29.4 Å². The second kappa shape index (κ2) is 13.6. The van der Waals surface area contributed by atoms with Gasteiger partial charge in [0.15, 0.2) is 5.96 Å². The molecule has 0 bridgehead atoms. The Morgan fingerprint density at radius 3 is 2.50 bits per heavy atom. The highest BCUT2D eigenvalue weighted by Gasteiger charge is 2.07. The lowest BCUT2D eigenvalue weighted by atomic mass is 10.1. The average Bonchev–Trinajstić information content (AvgIpc) is 2.76. The lowest BCUT2D eigenvalue weighted by Crippen LogP contribution is -2.37. The minimum atomic E-state index is 0.519. The topological polar surface area (TPSA) is 64.1 Å². The number of nitrogens with one attached hydrogen (secondary N) is 2. The number of aliphatic imine (C=N–C) groups is 1. The molecule has 0 aromatic heterocycles. The molecule has 0 aliphatic rings. The number of rotatable bonds is 12. The summed E-state index contributed by atoms with van der Waals surface area (Å²) < 4.78 is 16.6. The van der Waals surface area contributed by atoms with Crippen LogP contribution < -0.4 is 15.4 Å². The molecule has 2 N–H and O–H groups in total. The first kappa shape index (κ1) is 23.7. The minimum Gasteiger partial charge on any atom is -0.491 e. The number of guanidine groups is 1. The van der Waals surface area contributed by atoms with Crippen molar-refractivity contribution in [2.45, 2.75) is 40.5 Å². The number of hydrogen-bond acceptors (Lipinski definition) is 4. The van der Waals surface area contributed by atoms with E-state index in [-0.39, 0.29) is 0 Å². The number of ether oxygens (including phenoxy) is 3. The van der Waals surface area contributed by atoms with Crippen molar-refractivity contribution in [1.29, 1.82) is 0 Å². The highest BCUT2D eigenvalue weighted by atomic mass is 16.5. The Morgan fingerprint density at radius 1 is 0.967 bits per heavy atom. The summed E-state index contributed by atoms with van der Waals surface area (Å²) in [6.45, 7) is 10.5. The molecular weight excluding hydrogens is 378 g/mol. The van der Waals surface area contributed by atoms with Gasteiger partial charge in [0.25, 0.3) is 0 Å². The third-order valence-electron chi connectivity index (χ3n) is 4.55. The van der Waals surface area contributed by atoms with E-state index in [1.807, 2.05) is 25.1 Å². The Bertz CT molecular complexity index is 793. The molecule has 0 amide bonds. The van der Waals surface area contributed by atoms with Crippen molar-refractivity contribution in [2.24, 2.45) is 4.99 Å². The van der Waals surface area contributed by atoms with Crippen molar-refractivity contribution < 1.29 is 14.2 Å². The summed E-state index contributed by atoms with van der Waals surface area (Å²) in [5.41, 5.74) is 4.60. The lowest BCUT2D eigenvalue weighted by molar-refractivity contribution is 0.133. The van der Waals surface area contributed by atoms with E-state index in [0.29, 0.717) is 39.5 Å². The molecule has 6 heteroatoms. The number of methoxy groups -OCH3 is 1. The van der Waals surface area contributed by atoms with Crippen LogP contribution >= 0.6 is 0 Å². The molecule has 0 aliphatic heterocycles. The monoisotopic (exact) mass is 413 g/mol. The molecule has 2 aromatic carbocycles. The zero-order valence-corrected chi connectivity index (χ0v) is 18.7. The molecule has 0 saturated heterocycles. The molecule has 0 radical (unpaired) electrons. The molecule has 6 nitrogen and oxygen atoms in total. The van der Waals surface area contributed by atoms with Crippen molar-refractivity contribution in [1.82, 2.24) is 10.6 Å². The molecule has 0 spiro atoms. The molecule has 164 valence electrons. The molecule has 0 aliphatic carbocycles. The van der Waals surface area contributed by atoms with E-state index >= 15 is 0 Å². The quantitative estimate of drug-likeness (QED) is 0.315. The van der Waals surface area contributed by atoms with Crippen molar-refractivity contribution in [2.75, 3.05) is 33.5 Å². The maximum Gasteiger partial charge on any atom is 0.191 e. The van der Waals surface area contributed by atoms with Gasteiger partial charge in [0.2, 0.25) is 0 Å². The van der Waals surface area contributed by atoms with Crippen LogP contribution in [0.2, 0.25) is 0 Å². The minimum absolute atomic E-state index is 0.519. The fourth-order valence-corrected chi connectivity index (χ4v) is 2.93. The van der Waals surface area contributed by atoms with Crippen LogP contribution in [-0.2, 0) is 29.2 Å². The van der Waals surface area contributed by atoms with Crippen LogP contribution in [0.1, 0.15) is 36.1 Å². The SMILES string of the molecule is CCNC(=NCc1ccc(C)cc1OCCOC)NCc1ccccc1COCC. The van der Waals surface area contributed by atoms with Crippen LogP contribution in [-0.4, -0.2) is 39.4 Å². The van der Waals surface area contributed by atoms with Crippen LogP contribution in [0.25, 0.3) is 0 Å². The standard InChI is InChI=1S/C24H35N3O3/c1-5-25-24(26-16-20-9-7-8-10-22(20)18-29-6-2)27-17-21-12-11-19(3)15-23(21)30-14-13-28-4/h7-12,15H,5-6,13-14,16-18H2,1-4H3,(H2,25,26,27). The molecule has 0 fully saturated rings. The Morgan fingerprint density at radius 2 is 1.77 bits per heavy atom. The fourth-order valence-electron chi connectivity index (χ4n) is 2.93. The first-order chi connectivity index (χ1) is 14.7. The maximum absolute atomic E-state index is 5.88. The average molecular weight is 414 g/mol. The lowest BCUT2D eigenvalue weighted by Gasteiger charge is -2.15. The summed E-state index contributed by atoms with van der Waals surface area (Å²) in [6, 6.07) is 14.5. The first-order valence-corrected chi connectivity index (χ1v) is 10.6. The van der Waals surface area contributed by atoms with Crippen molar-refractivity contribution in [3.05, 3.63) is 64.7 Å². The summed E-state index contributed by atoms with van der Waals surface area (Å²) >= 11 is 0. The predicted octanol–water partition coefficient (Wildman–Crippen LogP) is 3.81. The molecule has 0 atom stereocenters. The normalized spacial score (nSPS) is 11.4. The van der Waals surface area contributed by atoms with Gasteiger partial charge in [-0.25, -0.2) is 4.99 Å². The second-order valence-electron chi connectivity index (χ2n) is 6.91. The summed E-state index contributed by atoms with van der Waals surface area (Å²) in [6.07, 6.45) is 0. The third-order valence-corrected chi connectivity index (χ3v) is 4.55. The van der Waals surface area contributed by atoms with E-state index in [4.69, 9.17) is 19.2 Å². The van der Waals surface area contributed by atoms with Crippen molar-refractivity contribution in [3.63, 3.8) is 0 Å². The van der Waals surface area contributed by atoms with Gasteiger partial charge in [-0.2, -0.15) is 0 Å². The van der Waals surface area contributed by atoms with Crippen LogP contribution in [0.5, 0.6) is 5.75 Å². The molecular formula is C24H35N3O3. The third kappa shape index (κ3) is 8.05. The highest BCUT2D eigenvalue weighted by Crippen LogP contribution is 2.21. The summed E-state index contributed by atoms with van der Waals surface area (Å²) in [5, 5.41) is 6.75. The van der Waals surface area contributed by atoms with Gasteiger partial charge in [0.1, 0.15) is 12.4 Å². The zero-order chi connectivity index (χ0) is 21.6. The smallest absolute Gasteiger partial charge is 0.191 e. The molecule has 0 heterocycles. The number of benzene rings is 2. The highest BCUT2D eigenvalue weighted by molar-refractivity contribution is 5.79. The van der Waals surface area contributed by atoms with Crippen LogP contribution in [0, 0.1) is 6.92 Å². The van der Waals surface area contributed by atoms with Gasteiger partial charge >= 0.3 is 0 Å². The van der Waals surface area contributed by atoms with E-state index in [2.05, 4.69) is 48.7 Å². The van der Waals surface area contributed by atoms with Crippen molar-refractivity contribution >= 4 is 5.96 Å². The van der Waals surface area contributed by atoms with Gasteiger partial charge in [0.05, 0.1) is 19.8 Å². The van der Waals surface area contributed by atoms with Gasteiger partial charge in [-0.3, -0.25) is 0 Å². The Hall–Kier alpha value is -2.57. The number of aryl methyl sites for hydroxylation is 1. The molecule has 0 saturated carbocycles. The van der Waals surface area contributed by atoms with Crippen LogP contribution in [0.3, 0.4) is 0 Å². The van der Waals surface area contributed by atoms with Crippen molar-refractivity contribution in [3.8, 4) is 5.75 Å². The summed E-state index contributed by atoms with van der Waals surface area (Å²) in [4.78, 5) is 4.76. The van der Waals surface area contributed by atoms with Gasteiger partial charge < -0.3 is 24.8 Å².